The van der Waals surface area contributed by atoms with Crippen LogP contribution < -0.4 is 11.3 Å². The number of hydrogen-bond acceptors (Lipinski definition) is 3. The standard InChI is InChI=1S/C9H16N2O/c1-2-3-4-9(11-10)8-5-6-12-7-8/h8-9,11H,4-7,10H2,1H3. The van der Waals surface area contributed by atoms with Crippen LogP contribution in [0.25, 0.3) is 0 Å². The lowest BCUT2D eigenvalue weighted by atomic mass is 9.97. The second kappa shape index (κ2) is 5.15. The fraction of sp³-hybridized carbons (Fsp3) is 0.778. The van der Waals surface area contributed by atoms with Crippen LogP contribution in [-0.4, -0.2) is 19.3 Å². The molecule has 1 aliphatic heterocycles. The number of hydrazine groups is 1. The minimum atomic E-state index is 0.292. The van der Waals surface area contributed by atoms with Gasteiger partial charge in [0.2, 0.25) is 0 Å². The van der Waals surface area contributed by atoms with Crippen molar-refractivity contribution < 1.29 is 4.74 Å². The van der Waals surface area contributed by atoms with Gasteiger partial charge in [0.05, 0.1) is 6.61 Å². The van der Waals surface area contributed by atoms with Crippen LogP contribution in [0.15, 0.2) is 0 Å². The van der Waals surface area contributed by atoms with Crippen molar-refractivity contribution in [2.24, 2.45) is 11.8 Å². The molecule has 3 N–H and O–H groups in total. The molecule has 0 aromatic heterocycles. The summed E-state index contributed by atoms with van der Waals surface area (Å²) in [6.07, 6.45) is 1.92. The van der Waals surface area contributed by atoms with Gasteiger partial charge in [-0.2, -0.15) is 0 Å². The highest BCUT2D eigenvalue weighted by atomic mass is 16.5. The van der Waals surface area contributed by atoms with Crippen LogP contribution in [0, 0.1) is 17.8 Å². The Balaban J connectivity index is 2.35. The number of ether oxygens (including phenoxy) is 1. The van der Waals surface area contributed by atoms with E-state index < -0.39 is 0 Å². The quantitative estimate of drug-likeness (QED) is 0.361. The van der Waals surface area contributed by atoms with Crippen LogP contribution in [0.5, 0.6) is 0 Å². The number of hydrogen-bond donors (Lipinski definition) is 2. The first-order valence-electron chi connectivity index (χ1n) is 4.32. The molecule has 2 unspecified atom stereocenters. The lowest BCUT2D eigenvalue weighted by Gasteiger charge is -2.18. The van der Waals surface area contributed by atoms with Crippen molar-refractivity contribution in [1.82, 2.24) is 5.43 Å². The zero-order valence-corrected chi connectivity index (χ0v) is 7.47. The highest BCUT2D eigenvalue weighted by Gasteiger charge is 2.23. The first-order valence-corrected chi connectivity index (χ1v) is 4.32. The van der Waals surface area contributed by atoms with Crippen molar-refractivity contribution in [3.63, 3.8) is 0 Å². The number of rotatable bonds is 3. The molecular weight excluding hydrogens is 152 g/mol. The minimum Gasteiger partial charge on any atom is -0.381 e. The van der Waals surface area contributed by atoms with E-state index in [9.17, 15) is 0 Å². The molecule has 3 heteroatoms. The van der Waals surface area contributed by atoms with Gasteiger partial charge in [-0.3, -0.25) is 11.3 Å². The van der Waals surface area contributed by atoms with E-state index in [1.807, 2.05) is 6.92 Å². The van der Waals surface area contributed by atoms with E-state index in [1.54, 1.807) is 0 Å². The van der Waals surface area contributed by atoms with Crippen molar-refractivity contribution in [2.45, 2.75) is 25.8 Å². The van der Waals surface area contributed by atoms with Crippen molar-refractivity contribution in [3.8, 4) is 11.8 Å². The molecule has 12 heavy (non-hydrogen) atoms. The number of nitrogens with one attached hydrogen (secondary N) is 1. The summed E-state index contributed by atoms with van der Waals surface area (Å²) < 4.78 is 5.28. The Bertz CT molecular complexity index is 177. The van der Waals surface area contributed by atoms with Gasteiger partial charge in [0.1, 0.15) is 0 Å². The fourth-order valence-corrected chi connectivity index (χ4v) is 1.44. The summed E-state index contributed by atoms with van der Waals surface area (Å²) in [5.41, 5.74) is 2.80. The molecule has 0 aromatic carbocycles. The lowest BCUT2D eigenvalue weighted by molar-refractivity contribution is 0.177. The maximum absolute atomic E-state index is 5.42. The third kappa shape index (κ3) is 2.49. The van der Waals surface area contributed by atoms with E-state index in [0.29, 0.717) is 12.0 Å². The molecule has 68 valence electrons. The highest BCUT2D eigenvalue weighted by Crippen LogP contribution is 2.17. The van der Waals surface area contributed by atoms with Crippen molar-refractivity contribution in [2.75, 3.05) is 13.2 Å². The monoisotopic (exact) mass is 168 g/mol. The molecule has 3 nitrogen and oxygen atoms in total. The Morgan fingerprint density at radius 2 is 2.58 bits per heavy atom. The van der Waals surface area contributed by atoms with E-state index in [-0.39, 0.29) is 0 Å². The van der Waals surface area contributed by atoms with Gasteiger partial charge in [0.15, 0.2) is 0 Å². The summed E-state index contributed by atoms with van der Waals surface area (Å²) in [6.45, 7) is 3.53. The van der Waals surface area contributed by atoms with Gasteiger partial charge in [-0.05, 0) is 13.3 Å². The van der Waals surface area contributed by atoms with E-state index >= 15 is 0 Å². The molecule has 1 rings (SSSR count). The predicted octanol–water partition coefficient (Wildman–Crippen LogP) is 0.268. The smallest absolute Gasteiger partial charge is 0.0510 e. The van der Waals surface area contributed by atoms with Crippen LogP contribution in [0.2, 0.25) is 0 Å². The Labute approximate surface area is 73.6 Å². The summed E-state index contributed by atoms with van der Waals surface area (Å²) in [5, 5.41) is 0. The zero-order chi connectivity index (χ0) is 8.81. The Morgan fingerprint density at radius 1 is 1.75 bits per heavy atom. The van der Waals surface area contributed by atoms with Gasteiger partial charge in [-0.1, -0.05) is 0 Å². The third-order valence-corrected chi connectivity index (χ3v) is 2.25. The molecule has 0 aliphatic carbocycles. The summed E-state index contributed by atoms with van der Waals surface area (Å²) in [5.74, 6) is 11.9. The average Bonchev–Trinajstić information content (AvgIpc) is 2.59. The van der Waals surface area contributed by atoms with Gasteiger partial charge in [0, 0.05) is 25.0 Å². The van der Waals surface area contributed by atoms with Crippen LogP contribution in [0.4, 0.5) is 0 Å². The van der Waals surface area contributed by atoms with E-state index in [1.165, 1.54) is 0 Å². The Morgan fingerprint density at radius 3 is 3.08 bits per heavy atom. The Kier molecular flexibility index (Phi) is 4.09. The summed E-state index contributed by atoms with van der Waals surface area (Å²) in [6, 6.07) is 0.292. The molecule has 0 amide bonds. The lowest BCUT2D eigenvalue weighted by Crippen LogP contribution is -2.40. The van der Waals surface area contributed by atoms with E-state index in [0.717, 1.165) is 26.1 Å². The van der Waals surface area contributed by atoms with Gasteiger partial charge < -0.3 is 4.74 Å². The summed E-state index contributed by atoms with van der Waals surface area (Å²) in [7, 11) is 0. The number of nitrogens with two attached hydrogens (primary N) is 1. The zero-order valence-electron chi connectivity index (χ0n) is 7.47. The van der Waals surface area contributed by atoms with Crippen LogP contribution in [0.1, 0.15) is 19.8 Å². The third-order valence-electron chi connectivity index (χ3n) is 2.25. The molecular formula is C9H16N2O. The second-order valence-electron chi connectivity index (χ2n) is 3.03. The minimum absolute atomic E-state index is 0.292. The Hall–Kier alpha value is -0.560. The van der Waals surface area contributed by atoms with Crippen molar-refractivity contribution in [3.05, 3.63) is 0 Å². The van der Waals surface area contributed by atoms with Crippen LogP contribution >= 0.6 is 0 Å². The van der Waals surface area contributed by atoms with Gasteiger partial charge in [0.25, 0.3) is 0 Å². The summed E-state index contributed by atoms with van der Waals surface area (Å²) in [4.78, 5) is 0. The molecule has 1 aliphatic rings. The second-order valence-corrected chi connectivity index (χ2v) is 3.03. The largest absolute Gasteiger partial charge is 0.381 e. The van der Waals surface area contributed by atoms with E-state index in [4.69, 9.17) is 10.6 Å². The van der Waals surface area contributed by atoms with Gasteiger partial charge >= 0.3 is 0 Å². The molecule has 0 aromatic rings. The van der Waals surface area contributed by atoms with Crippen molar-refractivity contribution >= 4 is 0 Å². The molecule has 0 radical (unpaired) electrons. The van der Waals surface area contributed by atoms with Gasteiger partial charge in [-0.25, -0.2) is 0 Å². The normalized spacial score (nSPS) is 24.7. The SMILES string of the molecule is CC#CCC(NN)C1CCOC1. The molecule has 0 bridgehead atoms. The maximum Gasteiger partial charge on any atom is 0.0510 e. The first-order chi connectivity index (χ1) is 5.88. The van der Waals surface area contributed by atoms with Crippen LogP contribution in [-0.2, 0) is 4.74 Å². The fourth-order valence-electron chi connectivity index (χ4n) is 1.44. The highest BCUT2D eigenvalue weighted by molar-refractivity contribution is 4.99. The molecule has 1 heterocycles. The molecule has 0 spiro atoms. The molecule has 1 fully saturated rings. The van der Waals surface area contributed by atoms with E-state index in [2.05, 4.69) is 17.3 Å². The summed E-state index contributed by atoms with van der Waals surface area (Å²) >= 11 is 0. The average molecular weight is 168 g/mol. The molecule has 1 saturated heterocycles. The predicted molar refractivity (Wildman–Crippen MR) is 48.1 cm³/mol. The maximum atomic E-state index is 5.42. The van der Waals surface area contributed by atoms with Crippen LogP contribution in [0.3, 0.4) is 0 Å². The first kappa shape index (κ1) is 9.53. The van der Waals surface area contributed by atoms with Gasteiger partial charge in [-0.15, -0.1) is 11.8 Å². The van der Waals surface area contributed by atoms with Crippen molar-refractivity contribution in [1.29, 1.82) is 0 Å². The molecule has 2 atom stereocenters. The topological polar surface area (TPSA) is 47.3 Å². The molecule has 0 saturated carbocycles.